The van der Waals surface area contributed by atoms with E-state index in [4.69, 9.17) is 5.14 Å². The third-order valence-electron chi connectivity index (χ3n) is 5.61. The number of pyridine rings is 1. The minimum Gasteiger partial charge on any atom is -0.359 e. The molecule has 1 atom stereocenters. The topological polar surface area (TPSA) is 157 Å². The Morgan fingerprint density at radius 3 is 2.23 bits per heavy atom. The first-order valence-electron chi connectivity index (χ1n) is 11.3. The van der Waals surface area contributed by atoms with Crippen LogP contribution in [0.15, 0.2) is 70.5 Å². The Morgan fingerprint density at radius 2 is 1.62 bits per heavy atom. The van der Waals surface area contributed by atoms with Gasteiger partial charge in [-0.15, -0.1) is 0 Å². The molecule has 0 fully saturated rings. The number of anilines is 2. The highest BCUT2D eigenvalue weighted by molar-refractivity contribution is 7.90. The van der Waals surface area contributed by atoms with Crippen molar-refractivity contribution in [1.29, 1.82) is 0 Å². The summed E-state index contributed by atoms with van der Waals surface area (Å²) in [5.74, 6) is -0.179. The van der Waals surface area contributed by atoms with Crippen LogP contribution in [0.25, 0.3) is 22.3 Å². The third kappa shape index (κ3) is 6.99. The van der Waals surface area contributed by atoms with Crippen molar-refractivity contribution in [2.75, 3.05) is 23.4 Å². The maximum Gasteiger partial charge on any atom is 0.405 e. The Bertz CT molecular complexity index is 1750. The molecule has 0 radical (unpaired) electrons. The minimum absolute atomic E-state index is 0.00354. The lowest BCUT2D eigenvalue weighted by Gasteiger charge is -2.17. The zero-order valence-corrected chi connectivity index (χ0v) is 22.2. The van der Waals surface area contributed by atoms with E-state index in [1.165, 1.54) is 24.3 Å². The quantitative estimate of drug-likeness (QED) is 0.281. The third-order valence-corrected chi connectivity index (χ3v) is 7.65. The van der Waals surface area contributed by atoms with Crippen molar-refractivity contribution in [3.8, 4) is 11.3 Å². The number of rotatable bonds is 8. The summed E-state index contributed by atoms with van der Waals surface area (Å²) < 4.78 is 86.0. The Kier molecular flexibility index (Phi) is 7.51. The maximum atomic E-state index is 13.0. The molecule has 10 nitrogen and oxygen atoms in total. The number of benzene rings is 2. The van der Waals surface area contributed by atoms with E-state index in [0.29, 0.717) is 16.8 Å². The molecular formula is C24H23F3N6O4S2. The summed E-state index contributed by atoms with van der Waals surface area (Å²) in [6, 6.07) is 14.4. The van der Waals surface area contributed by atoms with Gasteiger partial charge < -0.3 is 10.6 Å². The Balaban J connectivity index is 1.72. The molecule has 0 saturated carbocycles. The zero-order chi connectivity index (χ0) is 28.6. The molecule has 2 heterocycles. The number of fused-ring (bicyclic) bond motifs is 1. The number of primary sulfonamides is 1. The number of hydrogen-bond donors (Lipinski definition) is 3. The Hall–Kier alpha value is -3.82. The summed E-state index contributed by atoms with van der Waals surface area (Å²) in [7, 11) is -7.36. The molecule has 0 aliphatic rings. The minimum atomic E-state index is -4.54. The number of sulfone groups is 1. The zero-order valence-electron chi connectivity index (χ0n) is 20.6. The summed E-state index contributed by atoms with van der Waals surface area (Å²) in [6.45, 7) is 0.358. The molecule has 15 heteroatoms. The number of alkyl halides is 3. The van der Waals surface area contributed by atoms with Gasteiger partial charge in [-0.25, -0.2) is 31.9 Å². The van der Waals surface area contributed by atoms with Crippen molar-refractivity contribution in [2.24, 2.45) is 5.14 Å². The van der Waals surface area contributed by atoms with Crippen LogP contribution in [-0.2, 0) is 19.9 Å². The maximum absolute atomic E-state index is 13.0. The van der Waals surface area contributed by atoms with Gasteiger partial charge in [-0.3, -0.25) is 0 Å². The molecule has 4 aromatic rings. The Morgan fingerprint density at radius 1 is 0.923 bits per heavy atom. The molecule has 206 valence electrons. The number of nitrogens with one attached hydrogen (secondary N) is 2. The fourth-order valence-electron chi connectivity index (χ4n) is 3.66. The summed E-state index contributed by atoms with van der Waals surface area (Å²) in [6.07, 6.45) is -3.47. The summed E-state index contributed by atoms with van der Waals surface area (Å²) >= 11 is 0. The van der Waals surface area contributed by atoms with E-state index in [1.807, 2.05) is 0 Å². The van der Waals surface area contributed by atoms with Gasteiger partial charge in [-0.05, 0) is 48.9 Å². The molecule has 4 N–H and O–H groups in total. The average molecular weight is 581 g/mol. The van der Waals surface area contributed by atoms with Crippen molar-refractivity contribution in [3.05, 3.63) is 66.2 Å². The normalized spacial score (nSPS) is 13.3. The molecule has 0 aliphatic carbocycles. The van der Waals surface area contributed by atoms with E-state index >= 15 is 0 Å². The van der Waals surface area contributed by atoms with Crippen molar-refractivity contribution in [3.63, 3.8) is 0 Å². The van der Waals surface area contributed by atoms with Crippen LogP contribution in [0.2, 0.25) is 0 Å². The second-order valence-electron chi connectivity index (χ2n) is 8.71. The first kappa shape index (κ1) is 28.2. The Labute approximate surface area is 222 Å². The second-order valence-corrected chi connectivity index (χ2v) is 12.3. The van der Waals surface area contributed by atoms with Crippen LogP contribution < -0.4 is 15.8 Å². The lowest BCUT2D eigenvalue weighted by Crippen LogP contribution is -2.22. The van der Waals surface area contributed by atoms with Gasteiger partial charge in [0.05, 0.1) is 27.0 Å². The van der Waals surface area contributed by atoms with Gasteiger partial charge >= 0.3 is 6.18 Å². The highest BCUT2D eigenvalue weighted by Gasteiger charge is 2.28. The molecule has 0 saturated heterocycles. The van der Waals surface area contributed by atoms with E-state index in [9.17, 15) is 30.0 Å². The molecule has 0 amide bonds. The largest absolute Gasteiger partial charge is 0.405 e. The van der Waals surface area contributed by atoms with Crippen molar-refractivity contribution in [2.45, 2.75) is 28.9 Å². The monoisotopic (exact) mass is 580 g/mol. The SMILES string of the molecule is C[C@@H](Nc1nc(NCC(F)(F)F)c2nc(-c3cccc(S(C)(=O)=O)c3)ccc2n1)c1ccc(S(N)(=O)=O)cc1. The van der Waals surface area contributed by atoms with Crippen LogP contribution >= 0.6 is 0 Å². The van der Waals surface area contributed by atoms with Crippen LogP contribution in [0.1, 0.15) is 18.5 Å². The van der Waals surface area contributed by atoms with Crippen molar-refractivity contribution >= 4 is 42.7 Å². The average Bonchev–Trinajstić information content (AvgIpc) is 2.85. The van der Waals surface area contributed by atoms with Gasteiger partial charge in [0.15, 0.2) is 15.7 Å². The van der Waals surface area contributed by atoms with Gasteiger partial charge in [0.2, 0.25) is 16.0 Å². The highest BCUT2D eigenvalue weighted by Crippen LogP contribution is 2.28. The predicted octanol–water partition coefficient (Wildman–Crippen LogP) is 3.89. The smallest absolute Gasteiger partial charge is 0.359 e. The van der Waals surface area contributed by atoms with Gasteiger partial charge in [0.25, 0.3) is 0 Å². The molecule has 2 aromatic carbocycles. The molecule has 0 aliphatic heterocycles. The first-order valence-corrected chi connectivity index (χ1v) is 14.7. The molecule has 0 bridgehead atoms. The number of sulfonamides is 1. The van der Waals surface area contributed by atoms with Crippen LogP contribution in [0.5, 0.6) is 0 Å². The first-order chi connectivity index (χ1) is 18.1. The van der Waals surface area contributed by atoms with E-state index in [0.717, 1.165) is 6.26 Å². The molecule has 0 spiro atoms. The van der Waals surface area contributed by atoms with E-state index in [2.05, 4.69) is 25.6 Å². The van der Waals surface area contributed by atoms with Crippen LogP contribution in [0, 0.1) is 0 Å². The predicted molar refractivity (Wildman–Crippen MR) is 140 cm³/mol. The van der Waals surface area contributed by atoms with Gasteiger partial charge in [-0.2, -0.15) is 18.2 Å². The van der Waals surface area contributed by atoms with Gasteiger partial charge in [-0.1, -0.05) is 24.3 Å². The molecule has 39 heavy (non-hydrogen) atoms. The van der Waals surface area contributed by atoms with E-state index in [-0.39, 0.29) is 32.6 Å². The standard InChI is InChI=1S/C24H23F3N6O4S2/c1-14(15-6-8-17(9-7-15)39(28,36)37)30-23-32-20-11-10-19(16-4-3-5-18(12-16)38(2,34)35)31-21(20)22(33-23)29-13-24(25,26)27/h3-12,14H,13H2,1-2H3,(H2,28,36,37)(H2,29,30,32,33)/t14-/m1/s1. The molecule has 0 unspecified atom stereocenters. The van der Waals surface area contributed by atoms with Crippen LogP contribution in [0.4, 0.5) is 24.9 Å². The van der Waals surface area contributed by atoms with Gasteiger partial charge in [0.1, 0.15) is 12.1 Å². The van der Waals surface area contributed by atoms with Crippen molar-refractivity contribution < 1.29 is 30.0 Å². The van der Waals surface area contributed by atoms with Crippen molar-refractivity contribution in [1.82, 2.24) is 15.0 Å². The van der Waals surface area contributed by atoms with Crippen LogP contribution in [-0.4, -0.2) is 50.8 Å². The molecule has 2 aromatic heterocycles. The molecule has 4 rings (SSSR count). The second kappa shape index (κ2) is 10.4. The number of hydrogen-bond acceptors (Lipinski definition) is 9. The summed E-state index contributed by atoms with van der Waals surface area (Å²) in [5.41, 5.74) is 1.69. The van der Waals surface area contributed by atoms with Crippen LogP contribution in [0.3, 0.4) is 0 Å². The van der Waals surface area contributed by atoms with E-state index < -0.39 is 38.6 Å². The fourth-order valence-corrected chi connectivity index (χ4v) is 4.84. The number of halogens is 3. The number of nitrogens with zero attached hydrogens (tertiary/aromatic N) is 3. The molecular weight excluding hydrogens is 557 g/mol. The number of nitrogens with two attached hydrogens (primary N) is 1. The van der Waals surface area contributed by atoms with E-state index in [1.54, 1.807) is 43.3 Å². The highest BCUT2D eigenvalue weighted by atomic mass is 32.2. The summed E-state index contributed by atoms with van der Waals surface area (Å²) in [4.78, 5) is 13.0. The fraction of sp³-hybridized carbons (Fsp3) is 0.208. The summed E-state index contributed by atoms with van der Waals surface area (Å²) in [5, 5.41) is 10.4. The lowest BCUT2D eigenvalue weighted by atomic mass is 10.1. The number of aromatic nitrogens is 3. The van der Waals surface area contributed by atoms with Gasteiger partial charge in [0, 0.05) is 11.8 Å². The lowest BCUT2D eigenvalue weighted by molar-refractivity contribution is -0.115.